The number of ether oxygens (including phenoxy) is 2. The molecule has 0 aliphatic heterocycles. The zero-order valence-corrected chi connectivity index (χ0v) is 11.3. The SMILES string of the molecule is COCC(C)Oc1nc(C)cc(CNC2CC2)n1. The first kappa shape index (κ1) is 13.2. The summed E-state index contributed by atoms with van der Waals surface area (Å²) in [5.41, 5.74) is 1.91. The fourth-order valence-electron chi connectivity index (χ4n) is 1.73. The van der Waals surface area contributed by atoms with Crippen LogP contribution in [0.4, 0.5) is 0 Å². The van der Waals surface area contributed by atoms with E-state index in [-0.39, 0.29) is 6.10 Å². The molecule has 0 aromatic carbocycles. The summed E-state index contributed by atoms with van der Waals surface area (Å²) in [6.07, 6.45) is 2.51. The van der Waals surface area contributed by atoms with Crippen LogP contribution in [0.5, 0.6) is 6.01 Å². The lowest BCUT2D eigenvalue weighted by atomic mass is 10.3. The van der Waals surface area contributed by atoms with E-state index in [0.29, 0.717) is 18.7 Å². The zero-order valence-electron chi connectivity index (χ0n) is 11.3. The molecule has 100 valence electrons. The van der Waals surface area contributed by atoms with Gasteiger partial charge in [0.15, 0.2) is 0 Å². The third-order valence-electron chi connectivity index (χ3n) is 2.74. The third-order valence-corrected chi connectivity index (χ3v) is 2.74. The van der Waals surface area contributed by atoms with E-state index in [2.05, 4.69) is 15.3 Å². The number of hydrogen-bond acceptors (Lipinski definition) is 5. The smallest absolute Gasteiger partial charge is 0.317 e. The van der Waals surface area contributed by atoms with Gasteiger partial charge in [0.05, 0.1) is 12.3 Å². The summed E-state index contributed by atoms with van der Waals surface area (Å²) in [5.74, 6) is 0. The van der Waals surface area contributed by atoms with Crippen molar-refractivity contribution in [1.82, 2.24) is 15.3 Å². The summed E-state index contributed by atoms with van der Waals surface area (Å²) in [6.45, 7) is 5.21. The molecule has 5 nitrogen and oxygen atoms in total. The topological polar surface area (TPSA) is 56.3 Å². The summed E-state index contributed by atoms with van der Waals surface area (Å²) in [6, 6.07) is 3.10. The van der Waals surface area contributed by atoms with Gasteiger partial charge in [-0.1, -0.05) is 0 Å². The van der Waals surface area contributed by atoms with Crippen LogP contribution < -0.4 is 10.1 Å². The summed E-state index contributed by atoms with van der Waals surface area (Å²) < 4.78 is 10.7. The first-order valence-corrected chi connectivity index (χ1v) is 6.41. The van der Waals surface area contributed by atoms with Gasteiger partial charge in [-0.3, -0.25) is 0 Å². The second kappa shape index (κ2) is 6.11. The van der Waals surface area contributed by atoms with E-state index in [9.17, 15) is 0 Å². The quantitative estimate of drug-likeness (QED) is 0.795. The molecular formula is C13H21N3O2. The van der Waals surface area contributed by atoms with Crippen LogP contribution in [0.2, 0.25) is 0 Å². The van der Waals surface area contributed by atoms with Crippen molar-refractivity contribution in [2.75, 3.05) is 13.7 Å². The number of hydrogen-bond donors (Lipinski definition) is 1. The Kier molecular flexibility index (Phi) is 4.49. The first-order chi connectivity index (χ1) is 8.67. The van der Waals surface area contributed by atoms with Gasteiger partial charge in [-0.15, -0.1) is 0 Å². The van der Waals surface area contributed by atoms with Crippen LogP contribution in [0.15, 0.2) is 6.07 Å². The predicted octanol–water partition coefficient (Wildman–Crippen LogP) is 1.45. The van der Waals surface area contributed by atoms with Crippen LogP contribution in [0.1, 0.15) is 31.2 Å². The van der Waals surface area contributed by atoms with Gasteiger partial charge in [-0.05, 0) is 32.8 Å². The number of nitrogens with one attached hydrogen (secondary N) is 1. The van der Waals surface area contributed by atoms with Crippen molar-refractivity contribution in [2.24, 2.45) is 0 Å². The molecule has 0 radical (unpaired) electrons. The normalized spacial score (nSPS) is 16.6. The molecule has 18 heavy (non-hydrogen) atoms. The highest BCUT2D eigenvalue weighted by molar-refractivity contribution is 5.13. The fraction of sp³-hybridized carbons (Fsp3) is 0.692. The molecule has 2 rings (SSSR count). The Morgan fingerprint density at radius 1 is 1.44 bits per heavy atom. The molecule has 1 saturated carbocycles. The molecule has 1 aliphatic carbocycles. The van der Waals surface area contributed by atoms with Gasteiger partial charge in [0.2, 0.25) is 0 Å². The molecule has 1 aromatic heterocycles. The fourth-order valence-corrected chi connectivity index (χ4v) is 1.73. The molecule has 1 fully saturated rings. The van der Waals surface area contributed by atoms with Gasteiger partial charge >= 0.3 is 6.01 Å². The molecule has 0 saturated heterocycles. The highest BCUT2D eigenvalue weighted by atomic mass is 16.5. The summed E-state index contributed by atoms with van der Waals surface area (Å²) in [4.78, 5) is 8.69. The van der Waals surface area contributed by atoms with Crippen molar-refractivity contribution in [3.8, 4) is 6.01 Å². The van der Waals surface area contributed by atoms with Crippen molar-refractivity contribution in [3.05, 3.63) is 17.5 Å². The minimum Gasteiger partial charge on any atom is -0.458 e. The molecule has 1 N–H and O–H groups in total. The monoisotopic (exact) mass is 251 g/mol. The maximum absolute atomic E-state index is 5.62. The van der Waals surface area contributed by atoms with Gasteiger partial charge in [0, 0.05) is 25.4 Å². The van der Waals surface area contributed by atoms with Crippen LogP contribution in [0, 0.1) is 6.92 Å². The van der Waals surface area contributed by atoms with Crippen LogP contribution in [0.25, 0.3) is 0 Å². The van der Waals surface area contributed by atoms with E-state index in [4.69, 9.17) is 9.47 Å². The summed E-state index contributed by atoms with van der Waals surface area (Å²) >= 11 is 0. The Morgan fingerprint density at radius 2 is 2.22 bits per heavy atom. The van der Waals surface area contributed by atoms with E-state index >= 15 is 0 Å². The summed E-state index contributed by atoms with van der Waals surface area (Å²) in [5, 5.41) is 3.44. The first-order valence-electron chi connectivity index (χ1n) is 6.41. The Bertz CT molecular complexity index is 394. The van der Waals surface area contributed by atoms with Crippen molar-refractivity contribution in [3.63, 3.8) is 0 Å². The van der Waals surface area contributed by atoms with Crippen LogP contribution in [-0.2, 0) is 11.3 Å². The van der Waals surface area contributed by atoms with Crippen LogP contribution in [-0.4, -0.2) is 35.8 Å². The van der Waals surface area contributed by atoms with Crippen LogP contribution in [0.3, 0.4) is 0 Å². The van der Waals surface area contributed by atoms with Gasteiger partial charge in [0.1, 0.15) is 6.10 Å². The van der Waals surface area contributed by atoms with E-state index < -0.39 is 0 Å². The third kappa shape index (κ3) is 4.23. The maximum Gasteiger partial charge on any atom is 0.317 e. The molecule has 0 bridgehead atoms. The van der Waals surface area contributed by atoms with E-state index in [0.717, 1.165) is 17.9 Å². The Hall–Kier alpha value is -1.20. The minimum atomic E-state index is -0.0407. The Balaban J connectivity index is 1.95. The standard InChI is InChI=1S/C13H21N3O2/c1-9-6-12(7-14-11-4-5-11)16-13(15-9)18-10(2)8-17-3/h6,10-11,14H,4-5,7-8H2,1-3H3. The van der Waals surface area contributed by atoms with Gasteiger partial charge < -0.3 is 14.8 Å². The van der Waals surface area contributed by atoms with E-state index in [1.165, 1.54) is 12.8 Å². The van der Waals surface area contributed by atoms with Crippen molar-refractivity contribution in [2.45, 2.75) is 45.4 Å². The molecule has 0 amide bonds. The number of aromatic nitrogens is 2. The maximum atomic E-state index is 5.62. The minimum absolute atomic E-state index is 0.0407. The lowest BCUT2D eigenvalue weighted by Crippen LogP contribution is -2.21. The summed E-state index contributed by atoms with van der Waals surface area (Å²) in [7, 11) is 1.65. The number of nitrogens with zero attached hydrogens (tertiary/aromatic N) is 2. The molecule has 0 spiro atoms. The lowest BCUT2D eigenvalue weighted by Gasteiger charge is -2.13. The Morgan fingerprint density at radius 3 is 2.89 bits per heavy atom. The van der Waals surface area contributed by atoms with E-state index in [1.807, 2.05) is 19.9 Å². The predicted molar refractivity (Wildman–Crippen MR) is 68.6 cm³/mol. The molecular weight excluding hydrogens is 230 g/mol. The molecule has 1 atom stereocenters. The van der Waals surface area contributed by atoms with Crippen molar-refractivity contribution >= 4 is 0 Å². The average molecular weight is 251 g/mol. The highest BCUT2D eigenvalue weighted by Crippen LogP contribution is 2.19. The van der Waals surface area contributed by atoms with Crippen molar-refractivity contribution in [1.29, 1.82) is 0 Å². The van der Waals surface area contributed by atoms with Gasteiger partial charge in [-0.2, -0.15) is 4.98 Å². The molecule has 1 heterocycles. The number of methoxy groups -OCH3 is 1. The average Bonchev–Trinajstić information content (AvgIpc) is 3.09. The van der Waals surface area contributed by atoms with E-state index in [1.54, 1.807) is 7.11 Å². The highest BCUT2D eigenvalue weighted by Gasteiger charge is 2.20. The van der Waals surface area contributed by atoms with Crippen LogP contribution >= 0.6 is 0 Å². The largest absolute Gasteiger partial charge is 0.458 e. The molecule has 5 heteroatoms. The number of rotatable bonds is 7. The zero-order chi connectivity index (χ0) is 13.0. The second-order valence-corrected chi connectivity index (χ2v) is 4.82. The molecule has 1 aliphatic rings. The lowest BCUT2D eigenvalue weighted by molar-refractivity contribution is 0.0852. The van der Waals surface area contributed by atoms with Gasteiger partial charge in [0.25, 0.3) is 0 Å². The number of aryl methyl sites for hydroxylation is 1. The van der Waals surface area contributed by atoms with Gasteiger partial charge in [-0.25, -0.2) is 4.98 Å². The molecule has 1 unspecified atom stereocenters. The molecule has 1 aromatic rings. The Labute approximate surface area is 108 Å². The van der Waals surface area contributed by atoms with Crippen molar-refractivity contribution < 1.29 is 9.47 Å². The second-order valence-electron chi connectivity index (χ2n) is 4.82.